The van der Waals surface area contributed by atoms with Crippen molar-refractivity contribution in [2.75, 3.05) is 13.1 Å². The Kier molecular flexibility index (Phi) is 4.94. The number of fused-ring (bicyclic) bond motifs is 1. The Bertz CT molecular complexity index is 850. The Hall–Kier alpha value is -2.66. The van der Waals surface area contributed by atoms with Crippen molar-refractivity contribution in [2.24, 2.45) is 0 Å². The number of carboxylic acids is 1. The molecule has 4 rings (SSSR count). The minimum Gasteiger partial charge on any atom is -0.478 e. The summed E-state index contributed by atoms with van der Waals surface area (Å²) in [6.07, 6.45) is 2.72. The zero-order valence-corrected chi connectivity index (χ0v) is 15.3. The van der Waals surface area contributed by atoms with Crippen LogP contribution in [0.4, 0.5) is 0 Å². The molecule has 140 valence electrons. The molecule has 1 atom stereocenters. The fraction of sp³-hybridized carbons (Fsp3) is 0.364. The van der Waals surface area contributed by atoms with E-state index in [4.69, 9.17) is 0 Å². The monoisotopic (exact) mass is 364 g/mol. The first-order valence-electron chi connectivity index (χ1n) is 9.53. The summed E-state index contributed by atoms with van der Waals surface area (Å²) in [6.45, 7) is 2.95. The molecule has 0 spiro atoms. The average Bonchev–Trinajstić information content (AvgIpc) is 3.15. The van der Waals surface area contributed by atoms with E-state index in [1.54, 1.807) is 12.1 Å². The molecule has 1 fully saturated rings. The van der Waals surface area contributed by atoms with Gasteiger partial charge in [-0.25, -0.2) is 4.79 Å². The van der Waals surface area contributed by atoms with Gasteiger partial charge in [0, 0.05) is 19.6 Å². The summed E-state index contributed by atoms with van der Waals surface area (Å²) in [5, 5.41) is 9.22. The highest BCUT2D eigenvalue weighted by atomic mass is 16.4. The van der Waals surface area contributed by atoms with E-state index < -0.39 is 5.97 Å². The predicted octanol–water partition coefficient (Wildman–Crippen LogP) is 2.93. The molecule has 1 N–H and O–H groups in total. The van der Waals surface area contributed by atoms with Crippen molar-refractivity contribution < 1.29 is 14.7 Å². The highest BCUT2D eigenvalue weighted by Crippen LogP contribution is 2.26. The molecule has 2 aliphatic heterocycles. The minimum absolute atomic E-state index is 0.0746. The van der Waals surface area contributed by atoms with Crippen molar-refractivity contribution in [3.8, 4) is 0 Å². The summed E-state index contributed by atoms with van der Waals surface area (Å²) in [6, 6.07) is 15.5. The fourth-order valence-corrected chi connectivity index (χ4v) is 4.20. The van der Waals surface area contributed by atoms with E-state index in [2.05, 4.69) is 17.0 Å². The van der Waals surface area contributed by atoms with Crippen molar-refractivity contribution >= 4 is 11.9 Å². The maximum atomic E-state index is 13.2. The van der Waals surface area contributed by atoms with Gasteiger partial charge >= 0.3 is 5.97 Å². The molecule has 0 bridgehead atoms. The van der Waals surface area contributed by atoms with Crippen LogP contribution in [0.15, 0.2) is 48.5 Å². The van der Waals surface area contributed by atoms with Crippen LogP contribution >= 0.6 is 0 Å². The van der Waals surface area contributed by atoms with Crippen molar-refractivity contribution in [2.45, 2.75) is 38.4 Å². The first-order chi connectivity index (χ1) is 13.1. The molecule has 2 aliphatic rings. The molecule has 2 aromatic rings. The van der Waals surface area contributed by atoms with Crippen molar-refractivity contribution in [3.05, 3.63) is 70.8 Å². The number of rotatable bonds is 4. The number of hydrogen-bond acceptors (Lipinski definition) is 3. The third-order valence-electron chi connectivity index (χ3n) is 5.65. The van der Waals surface area contributed by atoms with Gasteiger partial charge in [-0.2, -0.15) is 0 Å². The molecule has 5 nitrogen and oxygen atoms in total. The van der Waals surface area contributed by atoms with Crippen LogP contribution in [0.5, 0.6) is 0 Å². The Morgan fingerprint density at radius 2 is 1.85 bits per heavy atom. The Morgan fingerprint density at radius 1 is 1.04 bits per heavy atom. The van der Waals surface area contributed by atoms with Crippen LogP contribution in [0.3, 0.4) is 0 Å². The van der Waals surface area contributed by atoms with Gasteiger partial charge in [-0.3, -0.25) is 9.69 Å². The molecular weight excluding hydrogens is 340 g/mol. The molecule has 5 heteroatoms. The lowest BCUT2D eigenvalue weighted by Crippen LogP contribution is -2.47. The molecule has 1 saturated heterocycles. The molecule has 0 aromatic heterocycles. The third kappa shape index (κ3) is 3.74. The number of likely N-dealkylation sites (tertiary alicyclic amines) is 1. The van der Waals surface area contributed by atoms with E-state index >= 15 is 0 Å². The van der Waals surface area contributed by atoms with Gasteiger partial charge in [0.15, 0.2) is 0 Å². The van der Waals surface area contributed by atoms with Crippen LogP contribution in [-0.4, -0.2) is 45.9 Å². The maximum Gasteiger partial charge on any atom is 0.335 e. The van der Waals surface area contributed by atoms with Crippen LogP contribution in [-0.2, 0) is 24.3 Å². The van der Waals surface area contributed by atoms with Crippen molar-refractivity contribution in [1.82, 2.24) is 9.80 Å². The number of nitrogens with zero attached hydrogens (tertiary/aromatic N) is 2. The van der Waals surface area contributed by atoms with Crippen LogP contribution < -0.4 is 0 Å². The van der Waals surface area contributed by atoms with Crippen LogP contribution in [0, 0.1) is 0 Å². The predicted molar refractivity (Wildman–Crippen MR) is 102 cm³/mol. The number of carbonyl (C=O) groups excluding carboxylic acids is 1. The SMILES string of the molecule is O=C(O)c1ccc2c(c1)CN(C(=O)C1CCCN1Cc1ccccc1)CC2. The number of carboxylic acid groups (broad SMARTS) is 1. The standard InChI is InChI=1S/C22H24N2O3/c25-21(20-7-4-11-23(20)14-16-5-2-1-3-6-16)24-12-10-17-8-9-18(22(26)27)13-19(17)15-24/h1-3,5-6,8-9,13,20H,4,7,10-12,14-15H2,(H,26,27). The smallest absolute Gasteiger partial charge is 0.335 e. The summed E-state index contributed by atoms with van der Waals surface area (Å²) in [7, 11) is 0. The Balaban J connectivity index is 1.47. The van der Waals surface area contributed by atoms with E-state index in [0.717, 1.165) is 43.5 Å². The van der Waals surface area contributed by atoms with Gasteiger partial charge in [-0.1, -0.05) is 36.4 Å². The second-order valence-electron chi connectivity index (χ2n) is 7.41. The first kappa shape index (κ1) is 17.7. The summed E-state index contributed by atoms with van der Waals surface area (Å²) in [5.41, 5.74) is 3.63. The summed E-state index contributed by atoms with van der Waals surface area (Å²) in [4.78, 5) is 28.6. The number of benzene rings is 2. The highest BCUT2D eigenvalue weighted by molar-refractivity contribution is 5.88. The quantitative estimate of drug-likeness (QED) is 0.906. The minimum atomic E-state index is -0.925. The molecular formula is C22H24N2O3. The zero-order valence-electron chi connectivity index (χ0n) is 15.3. The molecule has 2 heterocycles. The van der Waals surface area contributed by atoms with E-state index in [1.807, 2.05) is 29.2 Å². The molecule has 2 aromatic carbocycles. The van der Waals surface area contributed by atoms with Crippen LogP contribution in [0.2, 0.25) is 0 Å². The van der Waals surface area contributed by atoms with Crippen molar-refractivity contribution in [3.63, 3.8) is 0 Å². The molecule has 27 heavy (non-hydrogen) atoms. The molecule has 0 radical (unpaired) electrons. The van der Waals surface area contributed by atoms with E-state index in [1.165, 1.54) is 5.56 Å². The molecule has 1 unspecified atom stereocenters. The van der Waals surface area contributed by atoms with Gasteiger partial charge in [-0.15, -0.1) is 0 Å². The lowest BCUT2D eigenvalue weighted by Gasteiger charge is -2.33. The van der Waals surface area contributed by atoms with Gasteiger partial charge < -0.3 is 10.0 Å². The second-order valence-corrected chi connectivity index (χ2v) is 7.41. The van der Waals surface area contributed by atoms with Gasteiger partial charge in [0.2, 0.25) is 5.91 Å². The van der Waals surface area contributed by atoms with Gasteiger partial charge in [-0.05, 0) is 54.6 Å². The molecule has 0 aliphatic carbocycles. The number of carbonyl (C=O) groups is 2. The zero-order chi connectivity index (χ0) is 18.8. The van der Waals surface area contributed by atoms with Gasteiger partial charge in [0.1, 0.15) is 0 Å². The van der Waals surface area contributed by atoms with Gasteiger partial charge in [0.25, 0.3) is 0 Å². The van der Waals surface area contributed by atoms with E-state index in [9.17, 15) is 14.7 Å². The summed E-state index contributed by atoms with van der Waals surface area (Å²) < 4.78 is 0. The summed E-state index contributed by atoms with van der Waals surface area (Å²) in [5.74, 6) is -0.749. The normalized spacial score (nSPS) is 19.7. The third-order valence-corrected chi connectivity index (χ3v) is 5.65. The lowest BCUT2D eigenvalue weighted by atomic mass is 9.96. The molecule has 1 amide bonds. The number of aromatic carboxylic acids is 1. The first-order valence-corrected chi connectivity index (χ1v) is 9.53. The van der Waals surface area contributed by atoms with E-state index in [0.29, 0.717) is 13.1 Å². The molecule has 0 saturated carbocycles. The van der Waals surface area contributed by atoms with Gasteiger partial charge in [0.05, 0.1) is 11.6 Å². The average molecular weight is 364 g/mol. The van der Waals surface area contributed by atoms with Crippen LogP contribution in [0.1, 0.15) is 39.9 Å². The number of hydrogen-bond donors (Lipinski definition) is 1. The fourth-order valence-electron chi connectivity index (χ4n) is 4.20. The lowest BCUT2D eigenvalue weighted by molar-refractivity contribution is -0.137. The Morgan fingerprint density at radius 3 is 2.63 bits per heavy atom. The second kappa shape index (κ2) is 7.53. The largest absolute Gasteiger partial charge is 0.478 e. The maximum absolute atomic E-state index is 13.2. The Labute approximate surface area is 159 Å². The topological polar surface area (TPSA) is 60.9 Å². The number of amides is 1. The van der Waals surface area contributed by atoms with Crippen LogP contribution in [0.25, 0.3) is 0 Å². The highest BCUT2D eigenvalue weighted by Gasteiger charge is 2.34. The van der Waals surface area contributed by atoms with E-state index in [-0.39, 0.29) is 17.5 Å². The van der Waals surface area contributed by atoms with Crippen molar-refractivity contribution in [1.29, 1.82) is 0 Å². The summed E-state index contributed by atoms with van der Waals surface area (Å²) >= 11 is 0.